The number of halogens is 2. The predicted molar refractivity (Wildman–Crippen MR) is 118 cm³/mol. The zero-order valence-electron chi connectivity index (χ0n) is 17.5. The van der Waals surface area contributed by atoms with Crippen LogP contribution in [0.3, 0.4) is 0 Å². The molecule has 4 atom stereocenters. The number of ether oxygens (including phenoxy) is 2. The number of carboxylic acid groups (broad SMARTS) is 1. The van der Waals surface area contributed by atoms with Gasteiger partial charge in [-0.05, 0) is 37.5 Å². The highest BCUT2D eigenvalue weighted by molar-refractivity contribution is 7.96. The van der Waals surface area contributed by atoms with Gasteiger partial charge in [-0.25, -0.2) is 4.79 Å². The molecule has 2 N–H and O–H groups in total. The highest BCUT2D eigenvalue weighted by atomic mass is 32.1. The van der Waals surface area contributed by atoms with Gasteiger partial charge in [-0.3, -0.25) is 4.79 Å². The van der Waals surface area contributed by atoms with Crippen molar-refractivity contribution in [2.45, 2.75) is 50.2 Å². The Labute approximate surface area is 191 Å². The van der Waals surface area contributed by atoms with Gasteiger partial charge in [0, 0.05) is 24.7 Å². The van der Waals surface area contributed by atoms with E-state index in [1.165, 1.54) is 6.08 Å². The summed E-state index contributed by atoms with van der Waals surface area (Å²) in [6.07, 6.45) is 5.52. The second-order valence-electron chi connectivity index (χ2n) is 7.68. The van der Waals surface area contributed by atoms with E-state index >= 15 is 0 Å². The number of carbonyl (C=O) groups excluding carboxylic acids is 1. The number of carboxylic acids is 1. The Morgan fingerprint density at radius 2 is 1.94 bits per heavy atom. The van der Waals surface area contributed by atoms with Crippen LogP contribution in [-0.4, -0.2) is 46.2 Å². The first-order valence-corrected chi connectivity index (χ1v) is 10.8. The van der Waals surface area contributed by atoms with Gasteiger partial charge in [-0.15, -0.1) is 0 Å². The lowest BCUT2D eigenvalue weighted by atomic mass is 9.89. The number of hydrogen-bond acceptors (Lipinski definition) is 5. The number of aliphatic carboxylic acids is 1. The van der Waals surface area contributed by atoms with Crippen molar-refractivity contribution in [1.29, 1.82) is 0 Å². The number of alkyl halides is 2. The molecule has 0 bridgehead atoms. The molecular weight excluding hydrogens is 442 g/mol. The zero-order valence-corrected chi connectivity index (χ0v) is 18.4. The highest BCUT2D eigenvalue weighted by Gasteiger charge is 2.43. The van der Waals surface area contributed by atoms with E-state index in [4.69, 9.17) is 14.6 Å². The largest absolute Gasteiger partial charge is 0.487 e. The molecule has 32 heavy (non-hydrogen) atoms. The summed E-state index contributed by atoms with van der Waals surface area (Å²) in [6.45, 7) is -0.848. The van der Waals surface area contributed by atoms with E-state index < -0.39 is 47.8 Å². The van der Waals surface area contributed by atoms with Crippen molar-refractivity contribution in [2.24, 2.45) is 11.8 Å². The Bertz CT molecular complexity index is 799. The molecule has 0 unspecified atom stereocenters. The van der Waals surface area contributed by atoms with Gasteiger partial charge in [0.1, 0.15) is 11.9 Å². The van der Waals surface area contributed by atoms with Crippen molar-refractivity contribution in [1.82, 2.24) is 0 Å². The number of aliphatic hydroxyl groups excluding tert-OH is 1. The molecule has 0 heterocycles. The molecule has 0 radical (unpaired) electrons. The fourth-order valence-electron chi connectivity index (χ4n) is 3.69. The molecule has 1 fully saturated rings. The van der Waals surface area contributed by atoms with Crippen molar-refractivity contribution in [3.05, 3.63) is 54.6 Å². The summed E-state index contributed by atoms with van der Waals surface area (Å²) in [5.41, 5.74) is 0. The number of hydrogen-bond donors (Lipinski definition) is 3. The molecular formula is C23H28F2O6S. The molecule has 1 aromatic rings. The Morgan fingerprint density at radius 1 is 1.22 bits per heavy atom. The molecule has 0 saturated heterocycles. The minimum atomic E-state index is -3.26. The van der Waals surface area contributed by atoms with Gasteiger partial charge in [-0.2, -0.15) is 8.78 Å². The number of para-hydroxylation sites is 1. The van der Waals surface area contributed by atoms with Crippen molar-refractivity contribution < 1.29 is 38.1 Å². The Hall–Kier alpha value is -2.39. The Kier molecular flexibility index (Phi) is 10.2. The monoisotopic (exact) mass is 470 g/mol. The van der Waals surface area contributed by atoms with E-state index in [1.807, 2.05) is 0 Å². The standard InChI is InChI=1S/C23H28F2O6S/c24-23(25,15-30-16-8-4-3-5-9-16)13-12-17-18(10-6-1-2-7-11-21(27)28)20(14-19(17)26)31-22(29)32/h1,3-6,8-9,12-13,17-20,26H,2,7,10-11,14-15H2,(H,27,28)(H,29,32)/b6-1-,13-12+/t17-,18-,19-,20+/m1/s1. The first kappa shape index (κ1) is 25.9. The van der Waals surface area contributed by atoms with Crippen LogP contribution >= 0.6 is 12.6 Å². The number of rotatable bonds is 12. The van der Waals surface area contributed by atoms with Crippen molar-refractivity contribution >= 4 is 23.9 Å². The average Bonchev–Trinajstić information content (AvgIpc) is 3.01. The van der Waals surface area contributed by atoms with Gasteiger partial charge in [0.05, 0.1) is 6.10 Å². The maximum absolute atomic E-state index is 14.3. The molecule has 0 aromatic heterocycles. The third kappa shape index (κ3) is 9.00. The molecule has 0 amide bonds. The molecule has 0 spiro atoms. The molecule has 1 saturated carbocycles. The zero-order chi connectivity index (χ0) is 23.6. The second kappa shape index (κ2) is 12.6. The lowest BCUT2D eigenvalue weighted by Gasteiger charge is -2.22. The first-order chi connectivity index (χ1) is 15.2. The molecule has 1 aliphatic rings. The van der Waals surface area contributed by atoms with Crippen molar-refractivity contribution in [3.8, 4) is 5.75 Å². The van der Waals surface area contributed by atoms with E-state index in [1.54, 1.807) is 42.5 Å². The smallest absolute Gasteiger partial charge is 0.364 e. The average molecular weight is 471 g/mol. The number of carbonyl (C=O) groups is 2. The van der Waals surface area contributed by atoms with E-state index in [-0.39, 0.29) is 12.8 Å². The van der Waals surface area contributed by atoms with Crippen LogP contribution in [0.15, 0.2) is 54.6 Å². The second-order valence-corrected chi connectivity index (χ2v) is 8.05. The number of aliphatic hydroxyl groups is 1. The fraction of sp³-hybridized carbons (Fsp3) is 0.478. The van der Waals surface area contributed by atoms with Gasteiger partial charge in [0.15, 0.2) is 6.61 Å². The summed E-state index contributed by atoms with van der Waals surface area (Å²) in [6, 6.07) is 8.27. The van der Waals surface area contributed by atoms with Crippen molar-refractivity contribution in [2.75, 3.05) is 6.61 Å². The summed E-state index contributed by atoms with van der Waals surface area (Å²) < 4.78 is 39.0. The Morgan fingerprint density at radius 3 is 2.59 bits per heavy atom. The summed E-state index contributed by atoms with van der Waals surface area (Å²) in [5.74, 6) is -4.88. The lowest BCUT2D eigenvalue weighted by molar-refractivity contribution is -0.137. The topological polar surface area (TPSA) is 93.1 Å². The third-order valence-electron chi connectivity index (χ3n) is 5.22. The number of thiol groups is 1. The SMILES string of the molecule is O=C(O)CCC/C=C\C[C@@H]1[C@@H](/C=C/C(F)(F)COc2ccccc2)[C@H](O)C[C@@H]1OC(=O)S. The maximum Gasteiger partial charge on any atom is 0.364 e. The Balaban J connectivity index is 2.01. The van der Waals surface area contributed by atoms with Gasteiger partial charge >= 0.3 is 11.3 Å². The fourth-order valence-corrected chi connectivity index (χ4v) is 3.82. The summed E-state index contributed by atoms with van der Waals surface area (Å²) in [5, 5.41) is 18.3. The number of allylic oxidation sites excluding steroid dienone is 2. The van der Waals surface area contributed by atoms with E-state index in [9.17, 15) is 23.5 Å². The number of unbranched alkanes of at least 4 members (excludes halogenated alkanes) is 1. The maximum atomic E-state index is 14.3. The van der Waals surface area contributed by atoms with Gasteiger partial charge in [-0.1, -0.05) is 49.1 Å². The molecule has 1 aliphatic carbocycles. The van der Waals surface area contributed by atoms with Gasteiger partial charge in [0.25, 0.3) is 5.92 Å². The number of benzene rings is 1. The quantitative estimate of drug-likeness (QED) is 0.174. The molecule has 9 heteroatoms. The molecule has 6 nitrogen and oxygen atoms in total. The van der Waals surface area contributed by atoms with Crippen LogP contribution in [0.1, 0.15) is 32.1 Å². The summed E-state index contributed by atoms with van der Waals surface area (Å²) >= 11 is 3.62. The van der Waals surface area contributed by atoms with Gasteiger partial charge < -0.3 is 19.7 Å². The predicted octanol–water partition coefficient (Wildman–Crippen LogP) is 4.89. The summed E-state index contributed by atoms with van der Waals surface area (Å²) in [4.78, 5) is 21.9. The molecule has 0 aliphatic heterocycles. The molecule has 1 aromatic carbocycles. The normalized spacial score (nSPS) is 23.6. The lowest BCUT2D eigenvalue weighted by Crippen LogP contribution is -2.26. The molecule has 176 valence electrons. The third-order valence-corrected chi connectivity index (χ3v) is 5.32. The van der Waals surface area contributed by atoms with E-state index in [0.29, 0.717) is 25.0 Å². The van der Waals surface area contributed by atoms with E-state index in [2.05, 4.69) is 12.6 Å². The van der Waals surface area contributed by atoms with Crippen LogP contribution in [-0.2, 0) is 9.53 Å². The van der Waals surface area contributed by atoms with Crippen molar-refractivity contribution in [3.63, 3.8) is 0 Å². The van der Waals surface area contributed by atoms with Crippen LogP contribution in [0.4, 0.5) is 13.6 Å². The van der Waals surface area contributed by atoms with Crippen LogP contribution < -0.4 is 4.74 Å². The van der Waals surface area contributed by atoms with Crippen LogP contribution in [0.25, 0.3) is 0 Å². The van der Waals surface area contributed by atoms with Crippen LogP contribution in [0, 0.1) is 11.8 Å². The first-order valence-electron chi connectivity index (χ1n) is 10.4. The minimum Gasteiger partial charge on any atom is -0.487 e. The molecule has 2 rings (SSSR count). The van der Waals surface area contributed by atoms with Crippen LogP contribution in [0.5, 0.6) is 5.75 Å². The minimum absolute atomic E-state index is 0.0534. The summed E-state index contributed by atoms with van der Waals surface area (Å²) in [7, 11) is 0. The van der Waals surface area contributed by atoms with Crippen LogP contribution in [0.2, 0.25) is 0 Å². The van der Waals surface area contributed by atoms with Gasteiger partial charge in [0.2, 0.25) is 0 Å². The van der Waals surface area contributed by atoms with E-state index in [0.717, 1.165) is 6.08 Å². The highest BCUT2D eigenvalue weighted by Crippen LogP contribution is 2.39.